The van der Waals surface area contributed by atoms with Crippen molar-refractivity contribution in [2.45, 2.75) is 6.92 Å². The lowest BCUT2D eigenvalue weighted by Gasteiger charge is -2.36. The lowest BCUT2D eigenvalue weighted by Crippen LogP contribution is -2.50. The number of likely N-dealkylation sites (tertiary alicyclic amines) is 1. The Bertz CT molecular complexity index is 716. The van der Waals surface area contributed by atoms with Gasteiger partial charge in [0.25, 0.3) is 0 Å². The summed E-state index contributed by atoms with van der Waals surface area (Å²) in [6.45, 7) is 1.87. The fourth-order valence-electron chi connectivity index (χ4n) is 3.96. The molecule has 4 rings (SSSR count). The second-order valence-corrected chi connectivity index (χ2v) is 6.19. The number of carbonyl (C=O) groups excluding carboxylic acids is 4. The van der Waals surface area contributed by atoms with Gasteiger partial charge in [-0.25, -0.2) is 0 Å². The molecule has 0 aromatic heterocycles. The largest absolute Gasteiger partial charge is 0.285 e. The highest BCUT2D eigenvalue weighted by Crippen LogP contribution is 2.56. The summed E-state index contributed by atoms with van der Waals surface area (Å²) in [5.41, 5.74) is 1.44. The van der Waals surface area contributed by atoms with E-state index in [1.54, 1.807) is 18.2 Å². The van der Waals surface area contributed by atoms with Gasteiger partial charge in [0.15, 0.2) is 0 Å². The average molecular weight is 298 g/mol. The molecule has 1 saturated carbocycles. The molecule has 1 aliphatic carbocycles. The van der Waals surface area contributed by atoms with E-state index in [1.807, 2.05) is 13.0 Å². The van der Waals surface area contributed by atoms with Crippen LogP contribution in [0.25, 0.3) is 0 Å². The predicted molar refractivity (Wildman–Crippen MR) is 75.4 cm³/mol. The van der Waals surface area contributed by atoms with E-state index in [0.717, 1.165) is 15.4 Å². The van der Waals surface area contributed by atoms with E-state index >= 15 is 0 Å². The highest BCUT2D eigenvalue weighted by Gasteiger charge is 2.73. The lowest BCUT2D eigenvalue weighted by atomic mass is 9.59. The summed E-state index contributed by atoms with van der Waals surface area (Å²) in [4.78, 5) is 51.6. The van der Waals surface area contributed by atoms with Crippen LogP contribution in [-0.4, -0.2) is 35.6 Å². The fraction of sp³-hybridized carbons (Fsp3) is 0.375. The van der Waals surface area contributed by atoms with E-state index < -0.39 is 23.7 Å². The standard InChI is InChI=1S/C16H14N2O4/c1-7-4-3-5-8(6-7)18-15(21)11-9-10(12(11)16(18)22)14(20)17(2)13(9)19/h3-6,9-12H,1-2H3. The summed E-state index contributed by atoms with van der Waals surface area (Å²) in [5.74, 6) is -4.09. The Hall–Kier alpha value is -2.50. The van der Waals surface area contributed by atoms with E-state index in [2.05, 4.69) is 0 Å². The third-order valence-corrected chi connectivity index (χ3v) is 5.05. The number of amides is 4. The number of rotatable bonds is 1. The number of hydrogen-bond acceptors (Lipinski definition) is 4. The van der Waals surface area contributed by atoms with Crippen molar-refractivity contribution in [2.24, 2.45) is 23.7 Å². The van der Waals surface area contributed by atoms with Gasteiger partial charge in [0.2, 0.25) is 23.6 Å². The highest BCUT2D eigenvalue weighted by atomic mass is 16.2. The summed E-state index contributed by atoms with van der Waals surface area (Å²) in [7, 11) is 1.41. The molecule has 6 heteroatoms. The molecule has 0 N–H and O–H groups in total. The van der Waals surface area contributed by atoms with Crippen molar-refractivity contribution in [1.82, 2.24) is 4.90 Å². The molecule has 0 radical (unpaired) electrons. The first-order valence-corrected chi connectivity index (χ1v) is 7.19. The number of imide groups is 2. The van der Waals surface area contributed by atoms with E-state index in [0.29, 0.717) is 5.69 Å². The van der Waals surface area contributed by atoms with E-state index in [4.69, 9.17) is 0 Å². The minimum atomic E-state index is -0.681. The molecule has 3 fully saturated rings. The van der Waals surface area contributed by atoms with Crippen LogP contribution in [0.3, 0.4) is 0 Å². The minimum absolute atomic E-state index is 0.344. The van der Waals surface area contributed by atoms with Crippen molar-refractivity contribution in [1.29, 1.82) is 0 Å². The number of hydrogen-bond donors (Lipinski definition) is 0. The minimum Gasteiger partial charge on any atom is -0.285 e. The number of fused-ring (bicyclic) bond motifs is 4. The smallest absolute Gasteiger partial charge is 0.238 e. The summed E-state index contributed by atoms with van der Waals surface area (Å²) in [6, 6.07) is 7.10. The van der Waals surface area contributed by atoms with Crippen molar-refractivity contribution in [3.05, 3.63) is 29.8 Å². The Morgan fingerprint density at radius 1 is 0.818 bits per heavy atom. The summed E-state index contributed by atoms with van der Waals surface area (Å²) in [5, 5.41) is 0. The van der Waals surface area contributed by atoms with Gasteiger partial charge in [0.05, 0.1) is 29.4 Å². The van der Waals surface area contributed by atoms with Crippen LogP contribution in [0.5, 0.6) is 0 Å². The fourth-order valence-corrected chi connectivity index (χ4v) is 3.96. The molecule has 112 valence electrons. The normalized spacial score (nSPS) is 33.2. The van der Waals surface area contributed by atoms with Crippen LogP contribution in [0.1, 0.15) is 5.56 Å². The van der Waals surface area contributed by atoms with Gasteiger partial charge < -0.3 is 0 Å². The van der Waals surface area contributed by atoms with Crippen molar-refractivity contribution in [3.8, 4) is 0 Å². The second-order valence-electron chi connectivity index (χ2n) is 6.19. The van der Waals surface area contributed by atoms with Crippen molar-refractivity contribution in [2.75, 3.05) is 11.9 Å². The van der Waals surface area contributed by atoms with E-state index in [9.17, 15) is 19.2 Å². The van der Waals surface area contributed by atoms with Gasteiger partial charge in [-0.15, -0.1) is 0 Å². The highest BCUT2D eigenvalue weighted by molar-refractivity contribution is 6.27. The van der Waals surface area contributed by atoms with Crippen molar-refractivity contribution in [3.63, 3.8) is 0 Å². The van der Waals surface area contributed by atoms with Crippen molar-refractivity contribution >= 4 is 29.3 Å². The SMILES string of the molecule is Cc1cccc(N2C(=O)C3C4C(=O)N(C)C(=O)C4C3C2=O)c1. The van der Waals surface area contributed by atoms with Gasteiger partial charge in [-0.05, 0) is 24.6 Å². The van der Waals surface area contributed by atoms with Crippen LogP contribution in [0.2, 0.25) is 0 Å². The second kappa shape index (κ2) is 4.03. The van der Waals surface area contributed by atoms with Crippen LogP contribution in [0.4, 0.5) is 5.69 Å². The van der Waals surface area contributed by atoms with Crippen molar-refractivity contribution < 1.29 is 19.2 Å². The predicted octanol–water partition coefficient (Wildman–Crippen LogP) is 0.345. The molecule has 4 atom stereocenters. The molecule has 1 aromatic carbocycles. The first kappa shape index (κ1) is 13.2. The maximum atomic E-state index is 12.6. The Labute approximate surface area is 126 Å². The number of aryl methyl sites for hydroxylation is 1. The molecule has 0 spiro atoms. The van der Waals surface area contributed by atoms with Crippen LogP contribution in [0, 0.1) is 30.6 Å². The number of anilines is 1. The third-order valence-electron chi connectivity index (χ3n) is 5.05. The van der Waals surface area contributed by atoms with Crippen LogP contribution in [-0.2, 0) is 19.2 Å². The molecule has 1 aromatic rings. The molecule has 3 aliphatic rings. The van der Waals surface area contributed by atoms with Gasteiger partial charge in [-0.3, -0.25) is 29.0 Å². The zero-order valence-corrected chi connectivity index (χ0v) is 12.1. The Morgan fingerprint density at radius 2 is 1.32 bits per heavy atom. The van der Waals surface area contributed by atoms with Gasteiger partial charge in [0.1, 0.15) is 0 Å². The van der Waals surface area contributed by atoms with Gasteiger partial charge in [-0.1, -0.05) is 12.1 Å². The molecule has 2 heterocycles. The van der Waals surface area contributed by atoms with Crippen LogP contribution in [0.15, 0.2) is 24.3 Å². The molecular formula is C16H14N2O4. The first-order valence-electron chi connectivity index (χ1n) is 7.19. The van der Waals surface area contributed by atoms with Gasteiger partial charge in [0, 0.05) is 7.05 Å². The maximum Gasteiger partial charge on any atom is 0.238 e. The lowest BCUT2D eigenvalue weighted by molar-refractivity contribution is -0.146. The molecule has 2 aliphatic heterocycles. The molecular weight excluding hydrogens is 284 g/mol. The van der Waals surface area contributed by atoms with Crippen LogP contribution < -0.4 is 4.90 Å². The van der Waals surface area contributed by atoms with E-state index in [1.165, 1.54) is 7.05 Å². The molecule has 4 amide bonds. The quantitative estimate of drug-likeness (QED) is 0.701. The maximum absolute atomic E-state index is 12.6. The molecule has 6 nitrogen and oxygen atoms in total. The monoisotopic (exact) mass is 298 g/mol. The number of benzene rings is 1. The zero-order chi connectivity index (χ0) is 15.8. The Balaban J connectivity index is 1.74. The molecule has 22 heavy (non-hydrogen) atoms. The Morgan fingerprint density at radius 3 is 1.82 bits per heavy atom. The summed E-state index contributed by atoms with van der Waals surface area (Å²) >= 11 is 0. The molecule has 0 bridgehead atoms. The average Bonchev–Trinajstić information content (AvgIpc) is 2.74. The van der Waals surface area contributed by atoms with Gasteiger partial charge >= 0.3 is 0 Å². The van der Waals surface area contributed by atoms with E-state index in [-0.39, 0.29) is 23.6 Å². The topological polar surface area (TPSA) is 74.8 Å². The number of carbonyl (C=O) groups is 4. The zero-order valence-electron chi connectivity index (χ0n) is 12.1. The number of nitrogens with zero attached hydrogens (tertiary/aromatic N) is 2. The first-order chi connectivity index (χ1) is 10.4. The molecule has 4 unspecified atom stereocenters. The third kappa shape index (κ3) is 1.35. The van der Waals surface area contributed by atoms with Crippen LogP contribution >= 0.6 is 0 Å². The molecule has 2 saturated heterocycles. The summed E-state index contributed by atoms with van der Waals surface area (Å²) < 4.78 is 0. The summed E-state index contributed by atoms with van der Waals surface area (Å²) in [6.07, 6.45) is 0. The Kier molecular flexibility index (Phi) is 2.41. The van der Waals surface area contributed by atoms with Gasteiger partial charge in [-0.2, -0.15) is 0 Å².